The number of carbonyl (C=O) groups excluding carboxylic acids is 1. The molecule has 0 saturated heterocycles. The summed E-state index contributed by atoms with van der Waals surface area (Å²) in [4.78, 5) is 13.3. The van der Waals surface area contributed by atoms with E-state index in [9.17, 15) is 13.2 Å². The third kappa shape index (κ3) is 4.78. The molecule has 1 unspecified atom stereocenters. The molecule has 1 aliphatic heterocycles. The van der Waals surface area contributed by atoms with E-state index >= 15 is 0 Å². The Morgan fingerprint density at radius 3 is 2.54 bits per heavy atom. The Kier molecular flexibility index (Phi) is 6.48. The first-order chi connectivity index (χ1) is 13.4. The highest BCUT2D eigenvalue weighted by Crippen LogP contribution is 2.30. The fraction of sp³-hybridized carbons (Fsp3) is 0.316. The van der Waals surface area contributed by atoms with E-state index in [1.165, 1.54) is 18.8 Å². The van der Waals surface area contributed by atoms with Crippen molar-refractivity contribution in [2.75, 3.05) is 33.0 Å². The topological polar surface area (TPSA) is 84.9 Å². The summed E-state index contributed by atoms with van der Waals surface area (Å²) in [6.45, 7) is 0.257. The molecule has 9 heteroatoms. The van der Waals surface area contributed by atoms with Crippen molar-refractivity contribution in [3.63, 3.8) is 0 Å². The van der Waals surface area contributed by atoms with Gasteiger partial charge in [-0.1, -0.05) is 12.1 Å². The van der Waals surface area contributed by atoms with Gasteiger partial charge in [0.15, 0.2) is 11.5 Å². The van der Waals surface area contributed by atoms with Crippen LogP contribution in [0.1, 0.15) is 0 Å². The van der Waals surface area contributed by atoms with Gasteiger partial charge in [0.25, 0.3) is 0 Å². The molecule has 0 radical (unpaired) electrons. The summed E-state index contributed by atoms with van der Waals surface area (Å²) in [5.74, 6) is 0.888. The number of nitrogens with one attached hydrogen (secondary N) is 1. The van der Waals surface area contributed by atoms with Gasteiger partial charge in [-0.25, -0.2) is 8.42 Å². The Hall–Kier alpha value is -2.23. The molecule has 0 spiro atoms. The first-order valence-corrected chi connectivity index (χ1v) is 11.3. The van der Waals surface area contributed by atoms with Crippen molar-refractivity contribution in [1.29, 1.82) is 0 Å². The van der Waals surface area contributed by atoms with Crippen LogP contribution >= 0.6 is 11.8 Å². The molecular weight excluding hydrogens is 400 g/mol. The number of likely N-dealkylation sites (N-methyl/N-ethyl adjacent to an activating group) is 1. The minimum atomic E-state index is -3.73. The average molecular weight is 423 g/mol. The molecule has 0 saturated carbocycles. The van der Waals surface area contributed by atoms with Gasteiger partial charge in [-0.2, -0.15) is 4.31 Å². The number of thioether (sulfide) groups is 1. The maximum absolute atomic E-state index is 12.6. The molecule has 1 amide bonds. The van der Waals surface area contributed by atoms with Crippen molar-refractivity contribution in [2.45, 2.75) is 15.9 Å². The number of rotatable bonds is 7. The van der Waals surface area contributed by atoms with Gasteiger partial charge < -0.3 is 14.8 Å². The monoisotopic (exact) mass is 422 g/mol. The number of hydrogen-bond donors (Lipinski definition) is 1. The van der Waals surface area contributed by atoms with Crippen LogP contribution in [0.3, 0.4) is 0 Å². The number of amides is 1. The van der Waals surface area contributed by atoms with Crippen molar-refractivity contribution in [2.24, 2.45) is 0 Å². The summed E-state index contributed by atoms with van der Waals surface area (Å²) in [6, 6.07) is 13.9. The van der Waals surface area contributed by atoms with Gasteiger partial charge in [0.2, 0.25) is 15.9 Å². The molecule has 1 heterocycles. The molecule has 0 aliphatic carbocycles. The number of benzene rings is 2. The summed E-state index contributed by atoms with van der Waals surface area (Å²) in [5.41, 5.74) is 0. The normalized spacial score (nSPS) is 16.0. The number of nitrogens with zero attached hydrogens (tertiary/aromatic N) is 1. The van der Waals surface area contributed by atoms with Gasteiger partial charge in [-0.3, -0.25) is 4.79 Å². The second kappa shape index (κ2) is 8.85. The van der Waals surface area contributed by atoms with Crippen LogP contribution in [-0.4, -0.2) is 57.7 Å². The van der Waals surface area contributed by atoms with Gasteiger partial charge in [0.1, 0.15) is 12.7 Å². The van der Waals surface area contributed by atoms with E-state index in [0.29, 0.717) is 18.1 Å². The van der Waals surface area contributed by atoms with Crippen molar-refractivity contribution in [3.05, 3.63) is 48.5 Å². The Morgan fingerprint density at radius 2 is 1.86 bits per heavy atom. The van der Waals surface area contributed by atoms with Gasteiger partial charge >= 0.3 is 0 Å². The van der Waals surface area contributed by atoms with Crippen LogP contribution in [-0.2, 0) is 14.8 Å². The van der Waals surface area contributed by atoms with Crippen LogP contribution in [0.4, 0.5) is 0 Å². The Bertz CT molecular complexity index is 932. The first kappa shape index (κ1) is 20.5. The quantitative estimate of drug-likeness (QED) is 0.687. The summed E-state index contributed by atoms with van der Waals surface area (Å²) >= 11 is 1.53. The van der Waals surface area contributed by atoms with Gasteiger partial charge in [0, 0.05) is 11.9 Å². The fourth-order valence-electron chi connectivity index (χ4n) is 2.66. The van der Waals surface area contributed by atoms with E-state index in [1.54, 1.807) is 30.3 Å². The molecule has 0 bridgehead atoms. The smallest absolute Gasteiger partial charge is 0.243 e. The Morgan fingerprint density at radius 1 is 1.18 bits per heavy atom. The van der Waals surface area contributed by atoms with Crippen molar-refractivity contribution >= 4 is 27.7 Å². The second-order valence-electron chi connectivity index (χ2n) is 6.24. The summed E-state index contributed by atoms with van der Waals surface area (Å²) in [7, 11) is -2.35. The van der Waals surface area contributed by atoms with Gasteiger partial charge in [-0.15, -0.1) is 11.8 Å². The predicted octanol–water partition coefficient (Wildman–Crippen LogP) is 1.99. The predicted molar refractivity (Wildman–Crippen MR) is 107 cm³/mol. The van der Waals surface area contributed by atoms with Crippen LogP contribution in [0.15, 0.2) is 58.3 Å². The van der Waals surface area contributed by atoms with Gasteiger partial charge in [0.05, 0.1) is 18.0 Å². The number of carbonyl (C=O) groups is 1. The molecule has 28 heavy (non-hydrogen) atoms. The van der Waals surface area contributed by atoms with Crippen LogP contribution in [0.2, 0.25) is 0 Å². The molecule has 0 fully saturated rings. The average Bonchev–Trinajstić information content (AvgIpc) is 2.72. The van der Waals surface area contributed by atoms with E-state index in [0.717, 1.165) is 9.20 Å². The highest BCUT2D eigenvalue weighted by atomic mass is 32.2. The third-order valence-corrected chi connectivity index (χ3v) is 6.79. The molecule has 1 aliphatic rings. The Labute approximate surface area is 169 Å². The molecule has 150 valence electrons. The molecule has 0 aromatic heterocycles. The SMILES string of the molecule is CSc1ccc(S(=O)(=O)N(C)CC(=O)NCC2COc3ccccc3O2)cc1. The zero-order valence-corrected chi connectivity index (χ0v) is 17.3. The lowest BCUT2D eigenvalue weighted by atomic mass is 10.2. The lowest BCUT2D eigenvalue weighted by Crippen LogP contribution is -2.44. The van der Waals surface area contributed by atoms with Crippen molar-refractivity contribution in [1.82, 2.24) is 9.62 Å². The van der Waals surface area contributed by atoms with Crippen LogP contribution in [0.25, 0.3) is 0 Å². The summed E-state index contributed by atoms with van der Waals surface area (Å²) < 4.78 is 37.6. The molecule has 3 rings (SSSR count). The molecule has 1 atom stereocenters. The van der Waals surface area contributed by atoms with E-state index in [-0.39, 0.29) is 24.1 Å². The number of sulfonamides is 1. The molecule has 1 N–H and O–H groups in total. The fourth-order valence-corrected chi connectivity index (χ4v) is 4.20. The second-order valence-corrected chi connectivity index (χ2v) is 9.16. The zero-order chi connectivity index (χ0) is 20.1. The molecular formula is C19H22N2O5S2. The minimum absolute atomic E-state index is 0.154. The van der Waals surface area contributed by atoms with Gasteiger partial charge in [-0.05, 0) is 42.7 Å². The van der Waals surface area contributed by atoms with Crippen molar-refractivity contribution < 1.29 is 22.7 Å². The first-order valence-electron chi connectivity index (χ1n) is 8.65. The van der Waals surface area contributed by atoms with E-state index < -0.39 is 15.9 Å². The summed E-state index contributed by atoms with van der Waals surface area (Å²) in [5, 5.41) is 2.70. The largest absolute Gasteiger partial charge is 0.486 e. The number of hydrogen-bond acceptors (Lipinski definition) is 6. The number of fused-ring (bicyclic) bond motifs is 1. The van der Waals surface area contributed by atoms with E-state index in [1.807, 2.05) is 24.5 Å². The maximum Gasteiger partial charge on any atom is 0.243 e. The highest BCUT2D eigenvalue weighted by molar-refractivity contribution is 7.98. The number of para-hydroxylation sites is 2. The van der Waals surface area contributed by atoms with Crippen LogP contribution in [0, 0.1) is 0 Å². The van der Waals surface area contributed by atoms with E-state index in [4.69, 9.17) is 9.47 Å². The van der Waals surface area contributed by atoms with E-state index in [2.05, 4.69) is 5.32 Å². The minimum Gasteiger partial charge on any atom is -0.486 e. The van der Waals surface area contributed by atoms with Crippen LogP contribution < -0.4 is 14.8 Å². The summed E-state index contributed by atoms with van der Waals surface area (Å²) in [6.07, 6.45) is 1.58. The Balaban J connectivity index is 1.52. The van der Waals surface area contributed by atoms with Crippen LogP contribution in [0.5, 0.6) is 11.5 Å². The maximum atomic E-state index is 12.6. The highest BCUT2D eigenvalue weighted by Gasteiger charge is 2.25. The lowest BCUT2D eigenvalue weighted by molar-refractivity contribution is -0.121. The molecule has 2 aromatic carbocycles. The number of ether oxygens (including phenoxy) is 2. The third-order valence-electron chi connectivity index (χ3n) is 4.23. The molecule has 2 aromatic rings. The van der Waals surface area contributed by atoms with Crippen molar-refractivity contribution in [3.8, 4) is 11.5 Å². The molecule has 7 nitrogen and oxygen atoms in total. The lowest BCUT2D eigenvalue weighted by Gasteiger charge is -2.26. The standard InChI is InChI=1S/C19H22N2O5S2/c1-21(28(23,24)16-9-7-15(27-2)8-10-16)12-19(22)20-11-14-13-25-17-5-3-4-6-18(17)26-14/h3-10,14H,11-13H2,1-2H3,(H,20,22). The zero-order valence-electron chi connectivity index (χ0n) is 15.6.